The maximum absolute atomic E-state index is 12.2. The van der Waals surface area contributed by atoms with Gasteiger partial charge in [-0.2, -0.15) is 0 Å². The van der Waals surface area contributed by atoms with Crippen LogP contribution in [0.2, 0.25) is 0 Å². The Morgan fingerprint density at radius 2 is 1.65 bits per heavy atom. The van der Waals surface area contributed by atoms with Crippen molar-refractivity contribution < 1.29 is 24.0 Å². The van der Waals surface area contributed by atoms with Crippen LogP contribution in [0.4, 0.5) is 0 Å². The normalized spacial score (nSPS) is 18.6. The first kappa shape index (κ1) is 16.0. The van der Waals surface area contributed by atoms with Crippen LogP contribution in [0.3, 0.4) is 0 Å². The lowest BCUT2D eigenvalue weighted by atomic mass is 9.77. The van der Waals surface area contributed by atoms with E-state index >= 15 is 0 Å². The minimum absolute atomic E-state index is 0.0297. The molecule has 0 bridgehead atoms. The Kier molecular flexibility index (Phi) is 4.75. The summed E-state index contributed by atoms with van der Waals surface area (Å²) in [6, 6.07) is 0. The highest BCUT2D eigenvalue weighted by molar-refractivity contribution is 6.30. The van der Waals surface area contributed by atoms with Gasteiger partial charge >= 0.3 is 0 Å². The molecule has 0 spiro atoms. The highest BCUT2D eigenvalue weighted by Crippen LogP contribution is 2.34. The Morgan fingerprint density at radius 1 is 1.15 bits per heavy atom. The Balaban J connectivity index is 2.76. The van der Waals surface area contributed by atoms with Gasteiger partial charge in [0.25, 0.3) is 0 Å². The van der Waals surface area contributed by atoms with Crippen molar-refractivity contribution in [3.8, 4) is 0 Å². The molecule has 1 aliphatic rings. The maximum Gasteiger partial charge on any atom is 0.248 e. The van der Waals surface area contributed by atoms with Gasteiger partial charge in [0.2, 0.25) is 11.8 Å². The van der Waals surface area contributed by atoms with Crippen LogP contribution in [0.15, 0.2) is 0 Å². The highest BCUT2D eigenvalue weighted by atomic mass is 16.2. The summed E-state index contributed by atoms with van der Waals surface area (Å²) in [7, 11) is 0. The third-order valence-electron chi connectivity index (χ3n) is 3.62. The van der Waals surface area contributed by atoms with E-state index in [1.165, 1.54) is 13.8 Å². The third-order valence-corrected chi connectivity index (χ3v) is 3.62. The van der Waals surface area contributed by atoms with Crippen molar-refractivity contribution in [2.45, 2.75) is 40.0 Å². The molecule has 2 N–H and O–H groups in total. The summed E-state index contributed by atoms with van der Waals surface area (Å²) in [5.74, 6) is -3.98. The zero-order chi connectivity index (χ0) is 15.5. The molecule has 0 saturated heterocycles. The van der Waals surface area contributed by atoms with Crippen LogP contribution >= 0.6 is 0 Å². The standard InChI is InChI=1S/C13H18N2O5/c1-4-10(18)14-15-12(20)7(2)11(19)13(3)8(16)5-6-9(13)17/h7H,4-6H2,1-3H3,(H,14,18)(H,15,20). The molecular weight excluding hydrogens is 264 g/mol. The number of carbonyl (C=O) groups excluding carboxylic acids is 5. The molecule has 0 radical (unpaired) electrons. The van der Waals surface area contributed by atoms with Gasteiger partial charge in [0.15, 0.2) is 17.3 Å². The predicted octanol–water partition coefficient (Wildman–Crippen LogP) is -0.313. The van der Waals surface area contributed by atoms with Crippen molar-refractivity contribution in [3.05, 3.63) is 0 Å². The second kappa shape index (κ2) is 5.94. The number of nitrogens with one attached hydrogen (secondary N) is 2. The molecule has 0 aromatic rings. The number of amides is 2. The molecule has 7 nitrogen and oxygen atoms in total. The lowest BCUT2D eigenvalue weighted by Gasteiger charge is -2.22. The average molecular weight is 282 g/mol. The van der Waals surface area contributed by atoms with E-state index in [1.54, 1.807) is 6.92 Å². The van der Waals surface area contributed by atoms with Crippen LogP contribution in [0.1, 0.15) is 40.0 Å². The van der Waals surface area contributed by atoms with Crippen molar-refractivity contribution in [2.24, 2.45) is 11.3 Å². The fourth-order valence-electron chi connectivity index (χ4n) is 2.04. The van der Waals surface area contributed by atoms with Crippen LogP contribution < -0.4 is 10.9 Å². The maximum atomic E-state index is 12.2. The van der Waals surface area contributed by atoms with Gasteiger partial charge in [-0.3, -0.25) is 34.8 Å². The molecule has 1 unspecified atom stereocenters. The monoisotopic (exact) mass is 282 g/mol. The smallest absolute Gasteiger partial charge is 0.248 e. The summed E-state index contributed by atoms with van der Waals surface area (Å²) >= 11 is 0. The van der Waals surface area contributed by atoms with Gasteiger partial charge in [-0.1, -0.05) is 6.92 Å². The number of hydrazine groups is 1. The van der Waals surface area contributed by atoms with Gasteiger partial charge in [0.05, 0.1) is 5.92 Å². The van der Waals surface area contributed by atoms with E-state index < -0.39 is 40.5 Å². The summed E-state index contributed by atoms with van der Waals surface area (Å²) in [6.07, 6.45) is 0.237. The Labute approximate surface area is 116 Å². The zero-order valence-electron chi connectivity index (χ0n) is 11.7. The zero-order valence-corrected chi connectivity index (χ0v) is 11.7. The molecule has 1 fully saturated rings. The minimum atomic E-state index is -1.73. The van der Waals surface area contributed by atoms with Crippen molar-refractivity contribution in [2.75, 3.05) is 0 Å². The Hall–Kier alpha value is -2.05. The first-order valence-electron chi connectivity index (χ1n) is 6.44. The lowest BCUT2D eigenvalue weighted by Crippen LogP contribution is -2.50. The number of hydrogen-bond donors (Lipinski definition) is 2. The third kappa shape index (κ3) is 2.76. The predicted molar refractivity (Wildman–Crippen MR) is 68.1 cm³/mol. The Bertz CT molecular complexity index is 467. The number of ketones is 3. The van der Waals surface area contributed by atoms with Gasteiger partial charge in [-0.05, 0) is 13.8 Å². The number of Topliss-reactive ketones (excluding diaryl/α,β-unsaturated/α-hetero) is 3. The molecule has 0 aromatic heterocycles. The fraction of sp³-hybridized carbons (Fsp3) is 0.615. The molecule has 2 amide bonds. The van der Waals surface area contributed by atoms with Crippen LogP contribution in [-0.4, -0.2) is 29.2 Å². The second-order valence-corrected chi connectivity index (χ2v) is 4.95. The van der Waals surface area contributed by atoms with E-state index in [9.17, 15) is 24.0 Å². The molecule has 1 saturated carbocycles. The molecule has 0 aromatic carbocycles. The number of hydrogen-bond acceptors (Lipinski definition) is 5. The molecule has 1 rings (SSSR count). The van der Waals surface area contributed by atoms with Crippen molar-refractivity contribution in [1.82, 2.24) is 10.9 Å². The molecule has 0 aliphatic heterocycles. The largest absolute Gasteiger partial charge is 0.298 e. The molecule has 1 aliphatic carbocycles. The van der Waals surface area contributed by atoms with Gasteiger partial charge in [0.1, 0.15) is 5.41 Å². The van der Waals surface area contributed by atoms with E-state index in [0.29, 0.717) is 0 Å². The van der Waals surface area contributed by atoms with Crippen LogP contribution in [-0.2, 0) is 24.0 Å². The van der Waals surface area contributed by atoms with Gasteiger partial charge in [-0.15, -0.1) is 0 Å². The summed E-state index contributed by atoms with van der Waals surface area (Å²) in [5, 5.41) is 0. The number of rotatable bonds is 4. The fourth-order valence-corrected chi connectivity index (χ4v) is 2.04. The quantitative estimate of drug-likeness (QED) is 0.543. The van der Waals surface area contributed by atoms with Gasteiger partial charge in [0, 0.05) is 19.3 Å². The van der Waals surface area contributed by atoms with E-state index in [-0.39, 0.29) is 19.3 Å². The number of carbonyl (C=O) groups is 5. The van der Waals surface area contributed by atoms with E-state index in [2.05, 4.69) is 10.9 Å². The first-order valence-corrected chi connectivity index (χ1v) is 6.44. The van der Waals surface area contributed by atoms with E-state index in [4.69, 9.17) is 0 Å². The van der Waals surface area contributed by atoms with Crippen LogP contribution in [0.5, 0.6) is 0 Å². The topological polar surface area (TPSA) is 109 Å². The molecule has 0 heterocycles. The van der Waals surface area contributed by atoms with Crippen LogP contribution in [0.25, 0.3) is 0 Å². The SMILES string of the molecule is CCC(=O)NNC(=O)C(C)C(=O)C1(C)C(=O)CCC1=O. The summed E-state index contributed by atoms with van der Waals surface area (Å²) in [6.45, 7) is 4.17. The molecule has 1 atom stereocenters. The van der Waals surface area contributed by atoms with Crippen molar-refractivity contribution in [3.63, 3.8) is 0 Å². The average Bonchev–Trinajstić information content (AvgIpc) is 2.71. The molecule has 20 heavy (non-hydrogen) atoms. The summed E-state index contributed by atoms with van der Waals surface area (Å²) in [5.41, 5.74) is 2.50. The van der Waals surface area contributed by atoms with E-state index in [0.717, 1.165) is 0 Å². The molecule has 110 valence electrons. The van der Waals surface area contributed by atoms with Gasteiger partial charge in [-0.25, -0.2) is 0 Å². The minimum Gasteiger partial charge on any atom is -0.298 e. The van der Waals surface area contributed by atoms with Gasteiger partial charge < -0.3 is 0 Å². The first-order chi connectivity index (χ1) is 9.25. The van der Waals surface area contributed by atoms with Crippen LogP contribution in [0, 0.1) is 11.3 Å². The summed E-state index contributed by atoms with van der Waals surface area (Å²) < 4.78 is 0. The second-order valence-electron chi connectivity index (χ2n) is 4.95. The Morgan fingerprint density at radius 3 is 2.10 bits per heavy atom. The molecular formula is C13H18N2O5. The summed E-state index contributed by atoms with van der Waals surface area (Å²) in [4.78, 5) is 58.5. The highest BCUT2D eigenvalue weighted by Gasteiger charge is 2.53. The lowest BCUT2D eigenvalue weighted by molar-refractivity contribution is -0.148. The van der Waals surface area contributed by atoms with E-state index in [1.807, 2.05) is 0 Å². The molecule has 7 heteroatoms. The van der Waals surface area contributed by atoms with Crippen molar-refractivity contribution in [1.29, 1.82) is 0 Å². The van der Waals surface area contributed by atoms with Crippen molar-refractivity contribution >= 4 is 29.2 Å².